The number of hydrogen-bond donors (Lipinski definition) is 1. The van der Waals surface area contributed by atoms with E-state index in [4.69, 9.17) is 10.5 Å². The van der Waals surface area contributed by atoms with Gasteiger partial charge in [0.1, 0.15) is 5.56 Å². The van der Waals surface area contributed by atoms with Crippen molar-refractivity contribution in [2.75, 3.05) is 12.8 Å². The van der Waals surface area contributed by atoms with Crippen LogP contribution >= 0.6 is 0 Å². The average Bonchev–Trinajstić information content (AvgIpc) is 2.59. The number of pyridine rings is 1. The van der Waals surface area contributed by atoms with E-state index in [9.17, 15) is 9.59 Å². The molecule has 1 heterocycles. The molecule has 2 N–H and O–H groups in total. The zero-order chi connectivity index (χ0) is 17.3. The standard InChI is InChI=1S/C19H18N2O3/c1-12-8-9-14-15(10-12)21(11-13-6-4-3-5-7-13)18(22)16(17(14)20)19(23)24-2/h3-10H,11,20H2,1-2H3. The molecule has 1 aromatic heterocycles. The van der Waals surface area contributed by atoms with E-state index in [1.165, 1.54) is 7.11 Å². The minimum atomic E-state index is -0.721. The lowest BCUT2D eigenvalue weighted by Crippen LogP contribution is -2.29. The van der Waals surface area contributed by atoms with Crippen molar-refractivity contribution in [3.05, 3.63) is 75.6 Å². The number of carbonyl (C=O) groups is 1. The Morgan fingerprint density at radius 2 is 1.88 bits per heavy atom. The number of rotatable bonds is 3. The number of fused-ring (bicyclic) bond motifs is 1. The fourth-order valence-electron chi connectivity index (χ4n) is 2.81. The fraction of sp³-hybridized carbons (Fsp3) is 0.158. The van der Waals surface area contributed by atoms with Gasteiger partial charge in [-0.1, -0.05) is 42.5 Å². The first-order valence-corrected chi connectivity index (χ1v) is 7.58. The van der Waals surface area contributed by atoms with Crippen molar-refractivity contribution in [3.8, 4) is 0 Å². The number of methoxy groups -OCH3 is 1. The number of nitrogen functional groups attached to an aromatic ring is 1. The molecular weight excluding hydrogens is 304 g/mol. The molecule has 0 aliphatic heterocycles. The lowest BCUT2D eigenvalue weighted by Gasteiger charge is -2.15. The summed E-state index contributed by atoms with van der Waals surface area (Å²) in [5, 5.41) is 0.663. The van der Waals surface area contributed by atoms with Gasteiger partial charge in [-0.3, -0.25) is 4.79 Å². The molecule has 2 aromatic carbocycles. The van der Waals surface area contributed by atoms with Crippen LogP contribution in [0.3, 0.4) is 0 Å². The maximum Gasteiger partial charge on any atom is 0.345 e. The van der Waals surface area contributed by atoms with Crippen LogP contribution in [0.25, 0.3) is 10.9 Å². The quantitative estimate of drug-likeness (QED) is 0.752. The number of aromatic nitrogens is 1. The van der Waals surface area contributed by atoms with Crippen LogP contribution in [0, 0.1) is 6.92 Å². The number of anilines is 1. The van der Waals surface area contributed by atoms with E-state index in [0.717, 1.165) is 11.1 Å². The second-order valence-corrected chi connectivity index (χ2v) is 5.68. The van der Waals surface area contributed by atoms with E-state index >= 15 is 0 Å². The molecule has 0 aliphatic rings. The van der Waals surface area contributed by atoms with Gasteiger partial charge >= 0.3 is 5.97 Å². The number of aryl methyl sites for hydroxylation is 1. The zero-order valence-electron chi connectivity index (χ0n) is 13.6. The van der Waals surface area contributed by atoms with E-state index in [0.29, 0.717) is 17.4 Å². The fourth-order valence-corrected chi connectivity index (χ4v) is 2.81. The van der Waals surface area contributed by atoms with Gasteiger partial charge in [-0.05, 0) is 24.1 Å². The van der Waals surface area contributed by atoms with Crippen molar-refractivity contribution < 1.29 is 9.53 Å². The molecule has 0 amide bonds. The first-order chi connectivity index (χ1) is 11.5. The summed E-state index contributed by atoms with van der Waals surface area (Å²) in [6.45, 7) is 2.30. The summed E-state index contributed by atoms with van der Waals surface area (Å²) in [4.78, 5) is 25.0. The maximum atomic E-state index is 12.9. The number of nitrogens with zero attached hydrogens (tertiary/aromatic N) is 1. The molecule has 0 spiro atoms. The molecule has 0 fully saturated rings. The predicted octanol–water partition coefficient (Wildman–Crippen LogP) is 2.73. The maximum absolute atomic E-state index is 12.9. The van der Waals surface area contributed by atoms with E-state index in [1.54, 1.807) is 4.57 Å². The predicted molar refractivity (Wildman–Crippen MR) is 94.2 cm³/mol. The van der Waals surface area contributed by atoms with Crippen LogP contribution in [0.2, 0.25) is 0 Å². The molecule has 0 unspecified atom stereocenters. The molecule has 3 rings (SSSR count). The van der Waals surface area contributed by atoms with Crippen LogP contribution in [0.1, 0.15) is 21.5 Å². The van der Waals surface area contributed by atoms with Crippen LogP contribution in [-0.2, 0) is 11.3 Å². The lowest BCUT2D eigenvalue weighted by molar-refractivity contribution is 0.0599. The smallest absolute Gasteiger partial charge is 0.345 e. The van der Waals surface area contributed by atoms with Crippen LogP contribution in [0.4, 0.5) is 5.69 Å². The van der Waals surface area contributed by atoms with Gasteiger partial charge in [0, 0.05) is 5.39 Å². The Morgan fingerprint density at radius 1 is 1.17 bits per heavy atom. The third-order valence-corrected chi connectivity index (χ3v) is 4.04. The van der Waals surface area contributed by atoms with Gasteiger partial charge in [0.05, 0.1) is 24.9 Å². The molecule has 0 saturated carbocycles. The Morgan fingerprint density at radius 3 is 2.54 bits per heavy atom. The summed E-state index contributed by atoms with van der Waals surface area (Å²) in [5.74, 6) is -0.721. The van der Waals surface area contributed by atoms with E-state index in [2.05, 4.69) is 0 Å². The summed E-state index contributed by atoms with van der Waals surface area (Å²) in [5.41, 5.74) is 8.36. The Bertz CT molecular complexity index is 975. The number of benzene rings is 2. The van der Waals surface area contributed by atoms with Gasteiger partial charge in [0.15, 0.2) is 0 Å². The van der Waals surface area contributed by atoms with Crippen LogP contribution in [0.15, 0.2) is 53.3 Å². The van der Waals surface area contributed by atoms with Crippen molar-refractivity contribution in [2.24, 2.45) is 0 Å². The van der Waals surface area contributed by atoms with E-state index < -0.39 is 11.5 Å². The Kier molecular flexibility index (Phi) is 4.08. The molecule has 3 aromatic rings. The molecule has 24 heavy (non-hydrogen) atoms. The van der Waals surface area contributed by atoms with Crippen molar-refractivity contribution in [3.63, 3.8) is 0 Å². The first-order valence-electron chi connectivity index (χ1n) is 7.58. The SMILES string of the molecule is COC(=O)c1c(N)c2ccc(C)cc2n(Cc2ccccc2)c1=O. The highest BCUT2D eigenvalue weighted by molar-refractivity contribution is 6.04. The van der Waals surface area contributed by atoms with Gasteiger partial charge in [0.25, 0.3) is 5.56 Å². The highest BCUT2D eigenvalue weighted by atomic mass is 16.5. The monoisotopic (exact) mass is 322 g/mol. The van der Waals surface area contributed by atoms with Gasteiger partial charge in [0.2, 0.25) is 0 Å². The lowest BCUT2D eigenvalue weighted by atomic mass is 10.1. The molecule has 5 nitrogen and oxygen atoms in total. The molecule has 122 valence electrons. The Labute approximate surface area is 139 Å². The molecule has 0 bridgehead atoms. The number of carbonyl (C=O) groups excluding carboxylic acids is 1. The topological polar surface area (TPSA) is 74.3 Å². The normalized spacial score (nSPS) is 10.8. The number of hydrogen-bond acceptors (Lipinski definition) is 4. The summed E-state index contributed by atoms with van der Waals surface area (Å²) in [6.07, 6.45) is 0. The Balaban J connectivity index is 2.34. The third kappa shape index (κ3) is 2.65. The van der Waals surface area contributed by atoms with Crippen molar-refractivity contribution >= 4 is 22.6 Å². The summed E-state index contributed by atoms with van der Waals surface area (Å²) in [6, 6.07) is 15.2. The molecule has 0 saturated heterocycles. The highest BCUT2D eigenvalue weighted by Crippen LogP contribution is 2.24. The van der Waals surface area contributed by atoms with E-state index in [-0.39, 0.29) is 11.3 Å². The molecule has 5 heteroatoms. The van der Waals surface area contributed by atoms with Gasteiger partial charge in [-0.2, -0.15) is 0 Å². The van der Waals surface area contributed by atoms with E-state index in [1.807, 2.05) is 55.5 Å². The average molecular weight is 322 g/mol. The Hall–Kier alpha value is -3.08. The van der Waals surface area contributed by atoms with Gasteiger partial charge in [-0.25, -0.2) is 4.79 Å². The second kappa shape index (κ2) is 6.20. The molecule has 0 radical (unpaired) electrons. The zero-order valence-corrected chi connectivity index (χ0v) is 13.6. The number of nitrogens with two attached hydrogens (primary N) is 1. The van der Waals surface area contributed by atoms with Gasteiger partial charge in [-0.15, -0.1) is 0 Å². The minimum absolute atomic E-state index is 0.121. The largest absolute Gasteiger partial charge is 0.465 e. The number of ether oxygens (including phenoxy) is 1. The second-order valence-electron chi connectivity index (χ2n) is 5.68. The molecular formula is C19H18N2O3. The van der Waals surface area contributed by atoms with Crippen LogP contribution in [0.5, 0.6) is 0 Å². The minimum Gasteiger partial charge on any atom is -0.465 e. The third-order valence-electron chi connectivity index (χ3n) is 4.04. The first kappa shape index (κ1) is 15.8. The summed E-state index contributed by atoms with van der Waals surface area (Å²) >= 11 is 0. The van der Waals surface area contributed by atoms with Crippen LogP contribution < -0.4 is 11.3 Å². The van der Waals surface area contributed by atoms with Crippen molar-refractivity contribution in [1.82, 2.24) is 4.57 Å². The summed E-state index contributed by atoms with van der Waals surface area (Å²) < 4.78 is 6.31. The highest BCUT2D eigenvalue weighted by Gasteiger charge is 2.21. The van der Waals surface area contributed by atoms with Gasteiger partial charge < -0.3 is 15.0 Å². The van der Waals surface area contributed by atoms with Crippen molar-refractivity contribution in [1.29, 1.82) is 0 Å². The van der Waals surface area contributed by atoms with Crippen LogP contribution in [-0.4, -0.2) is 17.6 Å². The molecule has 0 aliphatic carbocycles. The summed E-state index contributed by atoms with van der Waals surface area (Å²) in [7, 11) is 1.24. The van der Waals surface area contributed by atoms with Crippen molar-refractivity contribution in [2.45, 2.75) is 13.5 Å². The molecule has 0 atom stereocenters. The number of esters is 1.